The first-order valence-corrected chi connectivity index (χ1v) is 7.59. The minimum absolute atomic E-state index is 0.291. The van der Waals surface area contributed by atoms with Gasteiger partial charge in [0.25, 0.3) is 11.8 Å². The molecule has 0 saturated heterocycles. The molecule has 2 aromatic carbocycles. The fourth-order valence-electron chi connectivity index (χ4n) is 2.53. The van der Waals surface area contributed by atoms with Crippen molar-refractivity contribution in [3.05, 3.63) is 65.2 Å². The molecule has 0 unspecified atom stereocenters. The van der Waals surface area contributed by atoms with Gasteiger partial charge in [-0.2, -0.15) is 0 Å². The SMILES string of the molecule is CC(C)(C)OC(=O)c1cccc(N2C(=O)c3ccccc3C2=O)c1. The Morgan fingerprint density at radius 3 is 2.04 bits per heavy atom. The Morgan fingerprint density at radius 1 is 0.917 bits per heavy atom. The minimum atomic E-state index is -0.622. The lowest BCUT2D eigenvalue weighted by atomic mass is 10.1. The highest BCUT2D eigenvalue weighted by Crippen LogP contribution is 2.29. The average Bonchev–Trinajstić information content (AvgIpc) is 2.78. The third kappa shape index (κ3) is 2.80. The van der Waals surface area contributed by atoms with Gasteiger partial charge in [-0.25, -0.2) is 9.69 Å². The number of rotatable bonds is 2. The molecule has 0 N–H and O–H groups in total. The van der Waals surface area contributed by atoms with E-state index in [1.165, 1.54) is 6.07 Å². The first-order chi connectivity index (χ1) is 11.3. The molecule has 2 aromatic rings. The van der Waals surface area contributed by atoms with Gasteiger partial charge >= 0.3 is 5.97 Å². The lowest BCUT2D eigenvalue weighted by Gasteiger charge is -2.20. The van der Waals surface area contributed by atoms with E-state index >= 15 is 0 Å². The summed E-state index contributed by atoms with van der Waals surface area (Å²) >= 11 is 0. The molecule has 5 nitrogen and oxygen atoms in total. The number of benzene rings is 2. The summed E-state index contributed by atoms with van der Waals surface area (Å²) in [5.74, 6) is -1.28. The number of esters is 1. The number of hydrogen-bond acceptors (Lipinski definition) is 4. The fraction of sp³-hybridized carbons (Fsp3) is 0.211. The molecule has 0 aromatic heterocycles. The number of imide groups is 1. The number of carbonyl (C=O) groups excluding carboxylic acids is 3. The van der Waals surface area contributed by atoms with Crippen LogP contribution >= 0.6 is 0 Å². The van der Waals surface area contributed by atoms with E-state index in [4.69, 9.17) is 4.74 Å². The van der Waals surface area contributed by atoms with Crippen LogP contribution in [-0.2, 0) is 4.74 Å². The largest absolute Gasteiger partial charge is 0.456 e. The predicted octanol–water partition coefficient (Wildman–Crippen LogP) is 3.44. The van der Waals surface area contributed by atoms with E-state index in [1.807, 2.05) is 0 Å². The second kappa shape index (κ2) is 5.60. The van der Waals surface area contributed by atoms with Crippen LogP contribution in [0.15, 0.2) is 48.5 Å². The molecule has 5 heteroatoms. The van der Waals surface area contributed by atoms with E-state index in [1.54, 1.807) is 63.2 Å². The maximum atomic E-state index is 12.5. The monoisotopic (exact) mass is 323 g/mol. The van der Waals surface area contributed by atoms with E-state index < -0.39 is 23.4 Å². The molecule has 1 aliphatic heterocycles. The van der Waals surface area contributed by atoms with Crippen molar-refractivity contribution < 1.29 is 19.1 Å². The fourth-order valence-corrected chi connectivity index (χ4v) is 2.53. The first-order valence-electron chi connectivity index (χ1n) is 7.59. The van der Waals surface area contributed by atoms with Crippen LogP contribution in [0.1, 0.15) is 51.8 Å². The maximum absolute atomic E-state index is 12.5. The third-order valence-corrected chi connectivity index (χ3v) is 3.53. The van der Waals surface area contributed by atoms with Crippen LogP contribution in [0.3, 0.4) is 0 Å². The summed E-state index contributed by atoms with van der Waals surface area (Å²) in [6.07, 6.45) is 0. The second-order valence-corrected chi connectivity index (χ2v) is 6.54. The van der Waals surface area contributed by atoms with Gasteiger partial charge in [-0.05, 0) is 51.1 Å². The lowest BCUT2D eigenvalue weighted by Crippen LogP contribution is -2.29. The zero-order chi connectivity index (χ0) is 17.5. The highest BCUT2D eigenvalue weighted by Gasteiger charge is 2.36. The molecular formula is C19H17NO4. The van der Waals surface area contributed by atoms with Gasteiger partial charge < -0.3 is 4.74 Å². The van der Waals surface area contributed by atoms with Gasteiger partial charge in [0.15, 0.2) is 0 Å². The molecule has 0 bridgehead atoms. The van der Waals surface area contributed by atoms with Gasteiger partial charge in [0, 0.05) is 0 Å². The summed E-state index contributed by atoms with van der Waals surface area (Å²) in [7, 11) is 0. The molecule has 0 saturated carbocycles. The molecule has 3 rings (SSSR count). The second-order valence-electron chi connectivity index (χ2n) is 6.54. The Balaban J connectivity index is 1.95. The van der Waals surface area contributed by atoms with Crippen LogP contribution in [0, 0.1) is 0 Å². The molecule has 24 heavy (non-hydrogen) atoms. The highest BCUT2D eigenvalue weighted by molar-refractivity contribution is 6.34. The number of carbonyl (C=O) groups is 3. The van der Waals surface area contributed by atoms with Crippen LogP contribution in [-0.4, -0.2) is 23.4 Å². The van der Waals surface area contributed by atoms with Crippen molar-refractivity contribution in [2.45, 2.75) is 26.4 Å². The third-order valence-electron chi connectivity index (χ3n) is 3.53. The maximum Gasteiger partial charge on any atom is 0.338 e. The average molecular weight is 323 g/mol. The van der Waals surface area contributed by atoms with Crippen LogP contribution in [0.25, 0.3) is 0 Å². The Kier molecular flexibility index (Phi) is 3.72. The van der Waals surface area contributed by atoms with E-state index in [0.29, 0.717) is 22.4 Å². The molecule has 1 heterocycles. The molecule has 0 fully saturated rings. The molecule has 122 valence electrons. The lowest BCUT2D eigenvalue weighted by molar-refractivity contribution is 0.00692. The Bertz CT molecular complexity index is 813. The summed E-state index contributed by atoms with van der Waals surface area (Å²) in [5.41, 5.74) is 0.752. The van der Waals surface area contributed by atoms with E-state index in [-0.39, 0.29) is 0 Å². The van der Waals surface area contributed by atoms with Crippen molar-refractivity contribution in [2.24, 2.45) is 0 Å². The molecule has 0 spiro atoms. The quantitative estimate of drug-likeness (QED) is 0.627. The van der Waals surface area contributed by atoms with Gasteiger partial charge in [0.2, 0.25) is 0 Å². The molecular weight excluding hydrogens is 306 g/mol. The van der Waals surface area contributed by atoms with Gasteiger partial charge in [-0.1, -0.05) is 18.2 Å². The van der Waals surface area contributed by atoms with Gasteiger partial charge in [0.05, 0.1) is 22.4 Å². The van der Waals surface area contributed by atoms with Crippen LogP contribution in [0.2, 0.25) is 0 Å². The van der Waals surface area contributed by atoms with Gasteiger partial charge in [0.1, 0.15) is 5.60 Å². The van der Waals surface area contributed by atoms with E-state index in [2.05, 4.69) is 0 Å². The van der Waals surface area contributed by atoms with Crippen LogP contribution in [0.5, 0.6) is 0 Å². The highest BCUT2D eigenvalue weighted by atomic mass is 16.6. The van der Waals surface area contributed by atoms with E-state index in [0.717, 1.165) is 4.90 Å². The zero-order valence-electron chi connectivity index (χ0n) is 13.7. The van der Waals surface area contributed by atoms with Crippen molar-refractivity contribution in [3.8, 4) is 0 Å². The standard InChI is InChI=1S/C19H17NO4/c1-19(2,3)24-18(23)12-7-6-8-13(11-12)20-16(21)14-9-4-5-10-15(14)17(20)22/h4-11H,1-3H3. The number of ether oxygens (including phenoxy) is 1. The number of hydrogen-bond donors (Lipinski definition) is 0. The van der Waals surface area contributed by atoms with Crippen molar-refractivity contribution in [1.82, 2.24) is 0 Å². The van der Waals surface area contributed by atoms with Crippen molar-refractivity contribution in [3.63, 3.8) is 0 Å². The summed E-state index contributed by atoms with van der Waals surface area (Å²) in [6.45, 7) is 5.33. The number of anilines is 1. The molecule has 0 aliphatic carbocycles. The summed E-state index contributed by atoms with van der Waals surface area (Å²) in [5, 5.41) is 0. The topological polar surface area (TPSA) is 63.7 Å². The first kappa shape index (κ1) is 15.9. The normalized spacial score (nSPS) is 13.9. The van der Waals surface area contributed by atoms with Gasteiger partial charge in [-0.15, -0.1) is 0 Å². The predicted molar refractivity (Wildman–Crippen MR) is 89.2 cm³/mol. The zero-order valence-corrected chi connectivity index (χ0v) is 13.7. The minimum Gasteiger partial charge on any atom is -0.456 e. The summed E-state index contributed by atoms with van der Waals surface area (Å²) in [4.78, 5) is 38.3. The number of fused-ring (bicyclic) bond motifs is 1. The number of nitrogens with zero attached hydrogens (tertiary/aromatic N) is 1. The van der Waals surface area contributed by atoms with E-state index in [9.17, 15) is 14.4 Å². The Morgan fingerprint density at radius 2 is 1.50 bits per heavy atom. The smallest absolute Gasteiger partial charge is 0.338 e. The molecule has 1 aliphatic rings. The number of amides is 2. The Hall–Kier alpha value is -2.95. The van der Waals surface area contributed by atoms with Crippen molar-refractivity contribution >= 4 is 23.5 Å². The molecule has 0 radical (unpaired) electrons. The van der Waals surface area contributed by atoms with Crippen molar-refractivity contribution in [2.75, 3.05) is 4.90 Å². The van der Waals surface area contributed by atoms with Crippen molar-refractivity contribution in [1.29, 1.82) is 0 Å². The summed E-state index contributed by atoms with van der Waals surface area (Å²) < 4.78 is 5.33. The van der Waals surface area contributed by atoms with Crippen LogP contribution in [0.4, 0.5) is 5.69 Å². The Labute approximate surface area is 139 Å². The molecule has 2 amide bonds. The van der Waals surface area contributed by atoms with Crippen LogP contribution < -0.4 is 4.90 Å². The molecule has 0 atom stereocenters. The van der Waals surface area contributed by atoms with Gasteiger partial charge in [-0.3, -0.25) is 9.59 Å². The summed E-state index contributed by atoms with van der Waals surface area (Å²) in [6, 6.07) is 13.0.